The van der Waals surface area contributed by atoms with Crippen molar-refractivity contribution in [3.63, 3.8) is 0 Å². The molecule has 0 saturated carbocycles. The molecule has 1 aromatic heterocycles. The third-order valence-electron chi connectivity index (χ3n) is 6.89. The molecule has 14 nitrogen and oxygen atoms in total. The van der Waals surface area contributed by atoms with Gasteiger partial charge in [-0.15, -0.1) is 0 Å². The summed E-state index contributed by atoms with van der Waals surface area (Å²) in [6.07, 6.45) is -15.3. The molecule has 2 aromatic carbocycles. The Morgan fingerprint density at radius 3 is 2.31 bits per heavy atom. The first-order valence-corrected chi connectivity index (χ1v) is 12.1. The van der Waals surface area contributed by atoms with Crippen LogP contribution in [0.3, 0.4) is 0 Å². The number of ether oxygens (including phenoxy) is 4. The summed E-state index contributed by atoms with van der Waals surface area (Å²) in [5.41, 5.74) is -0.578. The third-order valence-corrected chi connectivity index (χ3v) is 6.89. The van der Waals surface area contributed by atoms with Crippen LogP contribution in [0.1, 0.15) is 6.92 Å². The van der Waals surface area contributed by atoms with Gasteiger partial charge in [0.25, 0.3) is 0 Å². The van der Waals surface area contributed by atoms with Gasteiger partial charge in [-0.1, -0.05) is 0 Å². The molecule has 5 rings (SSSR count). The van der Waals surface area contributed by atoms with E-state index in [1.807, 2.05) is 0 Å². The predicted octanol–water partition coefficient (Wildman–Crippen LogP) is -1.61. The van der Waals surface area contributed by atoms with Gasteiger partial charge in [0.05, 0.1) is 18.1 Å². The Morgan fingerprint density at radius 2 is 1.59 bits per heavy atom. The van der Waals surface area contributed by atoms with Crippen molar-refractivity contribution in [1.29, 1.82) is 0 Å². The van der Waals surface area contributed by atoms with Crippen LogP contribution in [-0.4, -0.2) is 109 Å². The number of phenols is 2. The number of phenolic OH excluding ortho intramolecular Hbond substituents is 2. The molecule has 3 heterocycles. The van der Waals surface area contributed by atoms with Crippen molar-refractivity contribution in [2.24, 2.45) is 0 Å². The SMILES string of the molecule is C[C@@H]1O[C@@H](O[C@H]2[C@@H](Oc3cc(O)c4c(=O)c5cc(O)ccc5oc4c3)O[C@H](CO)[C@@H](O)[C@@H]2O)[C@H](O)[C@H](O)[C@H]1O. The van der Waals surface area contributed by atoms with E-state index in [0.29, 0.717) is 0 Å². The zero-order chi connectivity index (χ0) is 28.2. The third kappa shape index (κ3) is 4.91. The van der Waals surface area contributed by atoms with Crippen molar-refractivity contribution in [3.8, 4) is 17.2 Å². The molecule has 0 amide bonds. The van der Waals surface area contributed by atoms with Crippen LogP contribution in [0.5, 0.6) is 17.2 Å². The lowest BCUT2D eigenvalue weighted by Crippen LogP contribution is -2.64. The van der Waals surface area contributed by atoms with E-state index in [9.17, 15) is 45.6 Å². The molecule has 14 heteroatoms. The largest absolute Gasteiger partial charge is 0.508 e. The molecule has 3 aromatic rings. The van der Waals surface area contributed by atoms with Gasteiger partial charge >= 0.3 is 0 Å². The molecule has 0 bridgehead atoms. The van der Waals surface area contributed by atoms with Gasteiger partial charge in [0.15, 0.2) is 12.4 Å². The lowest BCUT2D eigenvalue weighted by atomic mass is 9.97. The topological polar surface area (TPSA) is 229 Å². The zero-order valence-electron chi connectivity index (χ0n) is 20.4. The average molecular weight is 552 g/mol. The van der Waals surface area contributed by atoms with Crippen LogP contribution in [0.2, 0.25) is 0 Å². The normalized spacial score (nSPS) is 35.4. The van der Waals surface area contributed by atoms with Crippen LogP contribution in [0, 0.1) is 0 Å². The number of aliphatic hydroxyl groups is 6. The van der Waals surface area contributed by atoms with E-state index in [2.05, 4.69) is 0 Å². The highest BCUT2D eigenvalue weighted by Crippen LogP contribution is 2.35. The smallest absolute Gasteiger partial charge is 0.229 e. The van der Waals surface area contributed by atoms with Gasteiger partial charge in [-0.3, -0.25) is 4.79 Å². The summed E-state index contributed by atoms with van der Waals surface area (Å²) in [4.78, 5) is 12.9. The predicted molar refractivity (Wildman–Crippen MR) is 129 cm³/mol. The summed E-state index contributed by atoms with van der Waals surface area (Å²) in [5.74, 6) is -0.836. The second-order valence-electron chi connectivity index (χ2n) is 9.53. The van der Waals surface area contributed by atoms with E-state index in [4.69, 9.17) is 23.4 Å². The van der Waals surface area contributed by atoms with Gasteiger partial charge in [-0.2, -0.15) is 0 Å². The Labute approximate surface area is 219 Å². The average Bonchev–Trinajstić information content (AvgIpc) is 2.90. The van der Waals surface area contributed by atoms with Gasteiger partial charge in [0.2, 0.25) is 11.7 Å². The number of aromatic hydroxyl groups is 2. The molecule has 0 spiro atoms. The molecule has 0 aliphatic carbocycles. The molecule has 2 aliphatic heterocycles. The standard InChI is InChI=1S/C25H28O14/c1-8-17(29)20(32)22(34)24(35-8)39-23-21(33)19(31)15(7-26)38-25(23)36-10-5-12(28)16-14(6-10)37-13-3-2-9(27)4-11(13)18(16)30/h2-6,8,15,17,19-29,31-34H,7H2,1H3/t8-,15+,17-,19+,20+,21-,22+,23+,24-,25-/m0/s1. The zero-order valence-corrected chi connectivity index (χ0v) is 20.4. The molecule has 212 valence electrons. The van der Waals surface area contributed by atoms with Crippen LogP contribution in [0.15, 0.2) is 39.5 Å². The number of hydrogen-bond acceptors (Lipinski definition) is 14. The van der Waals surface area contributed by atoms with E-state index in [0.717, 1.165) is 6.07 Å². The van der Waals surface area contributed by atoms with Gasteiger partial charge in [0.1, 0.15) is 70.4 Å². The highest BCUT2D eigenvalue weighted by atomic mass is 16.8. The van der Waals surface area contributed by atoms with Crippen LogP contribution in [-0.2, 0) is 14.2 Å². The van der Waals surface area contributed by atoms with E-state index in [1.165, 1.54) is 31.2 Å². The van der Waals surface area contributed by atoms with Crippen LogP contribution >= 0.6 is 0 Å². The number of aliphatic hydroxyl groups excluding tert-OH is 6. The minimum Gasteiger partial charge on any atom is -0.508 e. The Kier molecular flexibility index (Phi) is 7.41. The van der Waals surface area contributed by atoms with Crippen LogP contribution in [0.4, 0.5) is 0 Å². The lowest BCUT2D eigenvalue weighted by Gasteiger charge is -2.45. The summed E-state index contributed by atoms with van der Waals surface area (Å²) in [7, 11) is 0. The van der Waals surface area contributed by atoms with Crippen molar-refractivity contribution in [3.05, 3.63) is 40.6 Å². The maximum atomic E-state index is 12.9. The quantitative estimate of drug-likeness (QED) is 0.167. The molecule has 39 heavy (non-hydrogen) atoms. The Hall–Kier alpha value is -3.05. The van der Waals surface area contributed by atoms with Gasteiger partial charge in [0, 0.05) is 12.1 Å². The highest BCUT2D eigenvalue weighted by Gasteiger charge is 2.50. The highest BCUT2D eigenvalue weighted by molar-refractivity contribution is 5.94. The molecular weight excluding hydrogens is 524 g/mol. The van der Waals surface area contributed by atoms with Gasteiger partial charge in [-0.05, 0) is 25.1 Å². The van der Waals surface area contributed by atoms with Gasteiger partial charge in [-0.25, -0.2) is 0 Å². The number of hydrogen-bond donors (Lipinski definition) is 8. The monoisotopic (exact) mass is 552 g/mol. The summed E-state index contributed by atoms with van der Waals surface area (Å²) >= 11 is 0. The van der Waals surface area contributed by atoms with Crippen molar-refractivity contribution < 1.29 is 64.2 Å². The maximum absolute atomic E-state index is 12.9. The molecule has 2 fully saturated rings. The minimum atomic E-state index is -1.75. The molecule has 10 atom stereocenters. The summed E-state index contributed by atoms with van der Waals surface area (Å²) in [6, 6.07) is 6.20. The fourth-order valence-corrected chi connectivity index (χ4v) is 4.70. The first kappa shape index (κ1) is 27.5. The first-order valence-electron chi connectivity index (χ1n) is 12.1. The summed E-state index contributed by atoms with van der Waals surface area (Å²) in [6.45, 7) is 0.706. The second kappa shape index (κ2) is 10.5. The fraction of sp³-hybridized carbons (Fsp3) is 0.480. The summed E-state index contributed by atoms with van der Waals surface area (Å²) in [5, 5.41) is 81.4. The molecule has 2 aliphatic rings. The molecule has 8 N–H and O–H groups in total. The minimum absolute atomic E-state index is 0.0333. The van der Waals surface area contributed by atoms with Crippen LogP contribution in [0.25, 0.3) is 21.9 Å². The molecule has 2 saturated heterocycles. The fourth-order valence-electron chi connectivity index (χ4n) is 4.70. The second-order valence-corrected chi connectivity index (χ2v) is 9.53. The number of rotatable bonds is 5. The van der Waals surface area contributed by atoms with E-state index in [1.54, 1.807) is 0 Å². The Balaban J connectivity index is 1.49. The van der Waals surface area contributed by atoms with Crippen LogP contribution < -0.4 is 10.2 Å². The van der Waals surface area contributed by atoms with E-state index < -0.39 is 79.2 Å². The number of benzene rings is 2. The maximum Gasteiger partial charge on any atom is 0.229 e. The van der Waals surface area contributed by atoms with E-state index >= 15 is 0 Å². The van der Waals surface area contributed by atoms with Gasteiger partial charge < -0.3 is 64.2 Å². The Morgan fingerprint density at radius 1 is 0.846 bits per heavy atom. The van der Waals surface area contributed by atoms with Crippen molar-refractivity contribution in [2.75, 3.05) is 6.61 Å². The summed E-state index contributed by atoms with van der Waals surface area (Å²) < 4.78 is 28.2. The molecule has 0 unspecified atom stereocenters. The van der Waals surface area contributed by atoms with E-state index in [-0.39, 0.29) is 33.4 Å². The molecule has 0 radical (unpaired) electrons. The lowest BCUT2D eigenvalue weighted by molar-refractivity contribution is -0.354. The molecular formula is C25H28O14. The number of fused-ring (bicyclic) bond motifs is 2. The van der Waals surface area contributed by atoms with Crippen molar-refractivity contribution >= 4 is 21.9 Å². The first-order chi connectivity index (χ1) is 18.5. The Bertz CT molecular complexity index is 1410. The van der Waals surface area contributed by atoms with Crippen molar-refractivity contribution in [2.45, 2.75) is 68.3 Å². The van der Waals surface area contributed by atoms with Crippen molar-refractivity contribution in [1.82, 2.24) is 0 Å².